The third-order valence-electron chi connectivity index (χ3n) is 2.11. The Balaban J connectivity index is 2.41. The minimum absolute atomic E-state index is 0.500. The molecule has 14 heavy (non-hydrogen) atoms. The van der Waals surface area contributed by atoms with Gasteiger partial charge < -0.3 is 0 Å². The molecule has 0 aliphatic rings. The number of nitrogens with one attached hydrogen (secondary N) is 1. The second kappa shape index (κ2) is 3.57. The molecule has 2 rings (SSSR count). The SMILES string of the molecule is CC(C)c1ccnc(-c2ncn[nH]2)c1. The maximum absolute atomic E-state index is 4.23. The molecule has 0 aliphatic heterocycles. The molecule has 0 fully saturated rings. The quantitative estimate of drug-likeness (QED) is 0.784. The Morgan fingerprint density at radius 1 is 1.29 bits per heavy atom. The molecule has 2 aromatic rings. The van der Waals surface area contributed by atoms with Gasteiger partial charge in [0.25, 0.3) is 0 Å². The Labute approximate surface area is 82.4 Å². The summed E-state index contributed by atoms with van der Waals surface area (Å²) in [5.41, 5.74) is 2.10. The number of aromatic nitrogens is 4. The van der Waals surface area contributed by atoms with Gasteiger partial charge in [-0.25, -0.2) is 4.98 Å². The van der Waals surface area contributed by atoms with Gasteiger partial charge >= 0.3 is 0 Å². The van der Waals surface area contributed by atoms with Gasteiger partial charge in [0.2, 0.25) is 0 Å². The zero-order valence-corrected chi connectivity index (χ0v) is 8.23. The van der Waals surface area contributed by atoms with Crippen molar-refractivity contribution in [3.05, 3.63) is 30.2 Å². The summed E-state index contributed by atoms with van der Waals surface area (Å²) >= 11 is 0. The van der Waals surface area contributed by atoms with Crippen molar-refractivity contribution in [2.75, 3.05) is 0 Å². The van der Waals surface area contributed by atoms with Crippen molar-refractivity contribution in [2.24, 2.45) is 0 Å². The highest BCUT2D eigenvalue weighted by Crippen LogP contribution is 2.18. The molecule has 0 spiro atoms. The first-order valence-corrected chi connectivity index (χ1v) is 4.59. The van der Waals surface area contributed by atoms with E-state index in [1.54, 1.807) is 6.20 Å². The molecular weight excluding hydrogens is 176 g/mol. The molecule has 0 aromatic carbocycles. The highest BCUT2D eigenvalue weighted by atomic mass is 15.2. The Morgan fingerprint density at radius 2 is 2.14 bits per heavy atom. The summed E-state index contributed by atoms with van der Waals surface area (Å²) in [6.45, 7) is 4.30. The average Bonchev–Trinajstić information content (AvgIpc) is 2.71. The van der Waals surface area contributed by atoms with Crippen LogP contribution < -0.4 is 0 Å². The molecule has 72 valence electrons. The lowest BCUT2D eigenvalue weighted by atomic mass is 10.0. The van der Waals surface area contributed by atoms with Crippen LogP contribution >= 0.6 is 0 Å². The minimum atomic E-state index is 0.500. The van der Waals surface area contributed by atoms with Crippen LogP contribution in [0.5, 0.6) is 0 Å². The summed E-state index contributed by atoms with van der Waals surface area (Å²) in [5.74, 6) is 1.21. The predicted octanol–water partition coefficient (Wildman–Crippen LogP) is 1.99. The first-order valence-electron chi connectivity index (χ1n) is 4.59. The van der Waals surface area contributed by atoms with E-state index in [4.69, 9.17) is 0 Å². The number of H-pyrrole nitrogens is 1. The van der Waals surface area contributed by atoms with Crippen LogP contribution in [0.3, 0.4) is 0 Å². The number of hydrogen-bond acceptors (Lipinski definition) is 3. The summed E-state index contributed by atoms with van der Waals surface area (Å²) in [4.78, 5) is 8.29. The highest BCUT2D eigenvalue weighted by molar-refractivity contribution is 5.49. The molecule has 2 heterocycles. The topological polar surface area (TPSA) is 54.5 Å². The molecule has 4 nitrogen and oxygen atoms in total. The second-order valence-electron chi connectivity index (χ2n) is 3.46. The zero-order valence-electron chi connectivity index (χ0n) is 8.23. The molecular formula is C10H12N4. The molecule has 0 saturated carbocycles. The van der Waals surface area contributed by atoms with Gasteiger partial charge in [0.15, 0.2) is 5.82 Å². The monoisotopic (exact) mass is 188 g/mol. The van der Waals surface area contributed by atoms with E-state index in [9.17, 15) is 0 Å². The van der Waals surface area contributed by atoms with Crippen LogP contribution in [0.1, 0.15) is 25.3 Å². The summed E-state index contributed by atoms with van der Waals surface area (Å²) < 4.78 is 0. The van der Waals surface area contributed by atoms with Crippen LogP contribution in [0.25, 0.3) is 11.5 Å². The molecule has 0 radical (unpaired) electrons. The maximum atomic E-state index is 4.23. The van der Waals surface area contributed by atoms with Crippen LogP contribution in [0, 0.1) is 0 Å². The molecule has 4 heteroatoms. The summed E-state index contributed by atoms with van der Waals surface area (Å²) in [6, 6.07) is 4.05. The Kier molecular flexibility index (Phi) is 2.26. The predicted molar refractivity (Wildman–Crippen MR) is 53.7 cm³/mol. The Bertz CT molecular complexity index is 406. The standard InChI is InChI=1S/C10H12N4/c1-7(2)8-3-4-11-9(5-8)10-12-6-13-14-10/h3-7H,1-2H3,(H,12,13,14). The van der Waals surface area contributed by atoms with Crippen molar-refractivity contribution in [1.82, 2.24) is 20.2 Å². The van der Waals surface area contributed by atoms with E-state index >= 15 is 0 Å². The van der Waals surface area contributed by atoms with Crippen molar-refractivity contribution in [2.45, 2.75) is 19.8 Å². The van der Waals surface area contributed by atoms with Crippen LogP contribution in [-0.4, -0.2) is 20.2 Å². The van der Waals surface area contributed by atoms with Crippen molar-refractivity contribution in [1.29, 1.82) is 0 Å². The maximum Gasteiger partial charge on any atom is 0.174 e. The second-order valence-corrected chi connectivity index (χ2v) is 3.46. The average molecular weight is 188 g/mol. The van der Waals surface area contributed by atoms with Gasteiger partial charge in [-0.05, 0) is 23.6 Å². The fourth-order valence-electron chi connectivity index (χ4n) is 1.26. The normalized spacial score (nSPS) is 10.8. The van der Waals surface area contributed by atoms with Crippen LogP contribution in [0.4, 0.5) is 0 Å². The van der Waals surface area contributed by atoms with Crippen molar-refractivity contribution in [3.63, 3.8) is 0 Å². The van der Waals surface area contributed by atoms with Gasteiger partial charge in [-0.2, -0.15) is 5.10 Å². The Hall–Kier alpha value is -1.71. The minimum Gasteiger partial charge on any atom is -0.258 e. The lowest BCUT2D eigenvalue weighted by Crippen LogP contribution is -1.91. The number of rotatable bonds is 2. The van der Waals surface area contributed by atoms with E-state index in [0.29, 0.717) is 11.7 Å². The van der Waals surface area contributed by atoms with Crippen molar-refractivity contribution in [3.8, 4) is 11.5 Å². The van der Waals surface area contributed by atoms with E-state index < -0.39 is 0 Å². The van der Waals surface area contributed by atoms with E-state index in [1.165, 1.54) is 11.9 Å². The smallest absolute Gasteiger partial charge is 0.174 e. The number of nitrogens with zero attached hydrogens (tertiary/aromatic N) is 3. The molecule has 0 amide bonds. The first kappa shape index (κ1) is 8.87. The largest absolute Gasteiger partial charge is 0.258 e. The van der Waals surface area contributed by atoms with Gasteiger partial charge in [0.1, 0.15) is 12.0 Å². The summed E-state index contributed by atoms with van der Waals surface area (Å²) in [5, 5.41) is 6.59. The van der Waals surface area contributed by atoms with Gasteiger partial charge in [-0.1, -0.05) is 13.8 Å². The van der Waals surface area contributed by atoms with E-state index in [1.807, 2.05) is 12.1 Å². The fourth-order valence-corrected chi connectivity index (χ4v) is 1.26. The zero-order chi connectivity index (χ0) is 9.97. The van der Waals surface area contributed by atoms with Crippen molar-refractivity contribution < 1.29 is 0 Å². The molecule has 0 unspecified atom stereocenters. The van der Waals surface area contributed by atoms with E-state index in [-0.39, 0.29) is 0 Å². The van der Waals surface area contributed by atoms with Crippen LogP contribution in [0.15, 0.2) is 24.7 Å². The molecule has 0 atom stereocenters. The van der Waals surface area contributed by atoms with Gasteiger partial charge in [0, 0.05) is 6.20 Å². The lowest BCUT2D eigenvalue weighted by molar-refractivity contribution is 0.863. The van der Waals surface area contributed by atoms with Crippen molar-refractivity contribution >= 4 is 0 Å². The third kappa shape index (κ3) is 1.64. The summed E-state index contributed by atoms with van der Waals surface area (Å²) in [7, 11) is 0. The molecule has 0 aliphatic carbocycles. The fraction of sp³-hybridized carbons (Fsp3) is 0.300. The number of aromatic amines is 1. The molecule has 1 N–H and O–H groups in total. The third-order valence-corrected chi connectivity index (χ3v) is 2.11. The molecule has 0 bridgehead atoms. The lowest BCUT2D eigenvalue weighted by Gasteiger charge is -2.05. The van der Waals surface area contributed by atoms with Crippen LogP contribution in [-0.2, 0) is 0 Å². The van der Waals surface area contributed by atoms with Gasteiger partial charge in [-0.3, -0.25) is 10.1 Å². The highest BCUT2D eigenvalue weighted by Gasteiger charge is 2.04. The van der Waals surface area contributed by atoms with Gasteiger partial charge in [0.05, 0.1) is 0 Å². The molecule has 0 saturated heterocycles. The first-order chi connectivity index (χ1) is 6.77. The van der Waals surface area contributed by atoms with E-state index in [0.717, 1.165) is 5.69 Å². The van der Waals surface area contributed by atoms with E-state index in [2.05, 4.69) is 34.0 Å². The van der Waals surface area contributed by atoms with Gasteiger partial charge in [-0.15, -0.1) is 0 Å². The number of hydrogen-bond donors (Lipinski definition) is 1. The van der Waals surface area contributed by atoms with Crippen LogP contribution in [0.2, 0.25) is 0 Å². The Morgan fingerprint density at radius 3 is 2.79 bits per heavy atom. The number of pyridine rings is 1. The summed E-state index contributed by atoms with van der Waals surface area (Å²) in [6.07, 6.45) is 3.28. The molecule has 2 aromatic heterocycles.